The van der Waals surface area contributed by atoms with Crippen molar-refractivity contribution in [3.05, 3.63) is 11.1 Å². The zero-order valence-corrected chi connectivity index (χ0v) is 19.1. The van der Waals surface area contributed by atoms with Crippen molar-refractivity contribution < 1.29 is 19.0 Å². The zero-order chi connectivity index (χ0) is 20.8. The smallest absolute Gasteiger partial charge is 0.302 e. The molecule has 0 radical (unpaired) electrons. The highest BCUT2D eigenvalue weighted by Crippen LogP contribution is 2.72. The van der Waals surface area contributed by atoms with Crippen molar-refractivity contribution in [3.63, 3.8) is 0 Å². The second kappa shape index (κ2) is 6.09. The van der Waals surface area contributed by atoms with Crippen LogP contribution in [0.2, 0.25) is 0 Å². The molecule has 7 unspecified atom stereocenters. The minimum absolute atomic E-state index is 0.0156. The molecule has 1 spiro atoms. The van der Waals surface area contributed by atoms with E-state index >= 15 is 0 Å². The molecule has 0 aromatic rings. The third-order valence-electron chi connectivity index (χ3n) is 10.2. The lowest BCUT2D eigenvalue weighted by molar-refractivity contribution is -0.377. The van der Waals surface area contributed by atoms with Crippen LogP contribution in [0.1, 0.15) is 79.6 Å². The Balaban J connectivity index is 1.58. The van der Waals surface area contributed by atoms with Gasteiger partial charge in [0.1, 0.15) is 6.10 Å². The quantitative estimate of drug-likeness (QED) is 0.467. The maximum absolute atomic E-state index is 11.7. The van der Waals surface area contributed by atoms with Crippen molar-refractivity contribution in [2.45, 2.75) is 91.5 Å². The average Bonchev–Trinajstić information content (AvgIpc) is 2.99. The zero-order valence-electron chi connectivity index (χ0n) is 19.1. The molecule has 2 saturated carbocycles. The van der Waals surface area contributed by atoms with Crippen LogP contribution in [0.5, 0.6) is 0 Å². The predicted molar refractivity (Wildman–Crippen MR) is 111 cm³/mol. The van der Waals surface area contributed by atoms with E-state index in [0.29, 0.717) is 17.8 Å². The van der Waals surface area contributed by atoms with Crippen molar-refractivity contribution in [2.24, 2.45) is 34.0 Å². The molecule has 7 atom stereocenters. The molecule has 0 amide bonds. The lowest BCUT2D eigenvalue weighted by atomic mass is 9.42. The van der Waals surface area contributed by atoms with Gasteiger partial charge >= 0.3 is 5.97 Å². The molecule has 4 fully saturated rings. The summed E-state index contributed by atoms with van der Waals surface area (Å²) in [5.74, 6) is 1.21. The van der Waals surface area contributed by atoms with E-state index in [2.05, 4.69) is 27.7 Å². The third-order valence-corrected chi connectivity index (χ3v) is 10.2. The Morgan fingerprint density at radius 2 is 1.90 bits per heavy atom. The highest BCUT2D eigenvalue weighted by Gasteiger charge is 2.70. The minimum Gasteiger partial charge on any atom is -0.462 e. The molecule has 4 heteroatoms. The number of carbonyl (C=O) groups is 1. The fraction of sp³-hybridized carbons (Fsp3) is 0.880. The van der Waals surface area contributed by atoms with Gasteiger partial charge in [0.05, 0.1) is 6.61 Å². The van der Waals surface area contributed by atoms with Gasteiger partial charge in [-0.05, 0) is 56.3 Å². The SMILES string of the molecule is COC12CCC3(CO1)C1=C(C(C)CC3C2(C)C)C2CCC(OC(C)=O)C2(C)CC1. The summed E-state index contributed by atoms with van der Waals surface area (Å²) < 4.78 is 18.4. The molecule has 29 heavy (non-hydrogen) atoms. The lowest BCUT2D eigenvalue weighted by Crippen LogP contribution is -2.69. The molecule has 2 aliphatic heterocycles. The third kappa shape index (κ3) is 2.31. The Morgan fingerprint density at radius 3 is 2.52 bits per heavy atom. The first-order valence-electron chi connectivity index (χ1n) is 11.7. The summed E-state index contributed by atoms with van der Waals surface area (Å²) in [6.07, 6.45) is 7.93. The number of allylic oxidation sites excluding steroid dienone is 1. The number of hydrogen-bond acceptors (Lipinski definition) is 4. The van der Waals surface area contributed by atoms with Gasteiger partial charge in [0, 0.05) is 36.7 Å². The summed E-state index contributed by atoms with van der Waals surface area (Å²) >= 11 is 0. The highest BCUT2D eigenvalue weighted by molar-refractivity contribution is 5.66. The first-order valence-corrected chi connectivity index (χ1v) is 11.7. The van der Waals surface area contributed by atoms with Gasteiger partial charge < -0.3 is 14.2 Å². The van der Waals surface area contributed by atoms with Crippen LogP contribution in [-0.2, 0) is 19.0 Å². The summed E-state index contributed by atoms with van der Waals surface area (Å²) in [7, 11) is 1.83. The van der Waals surface area contributed by atoms with E-state index in [4.69, 9.17) is 14.2 Å². The Hall–Kier alpha value is -0.870. The monoisotopic (exact) mass is 402 g/mol. The number of hydrogen-bond donors (Lipinski definition) is 0. The Kier molecular flexibility index (Phi) is 4.22. The van der Waals surface area contributed by atoms with Crippen LogP contribution in [0.25, 0.3) is 0 Å². The largest absolute Gasteiger partial charge is 0.462 e. The normalized spacial score (nSPS) is 50.0. The Morgan fingerprint density at radius 1 is 1.14 bits per heavy atom. The minimum atomic E-state index is -0.422. The van der Waals surface area contributed by atoms with Crippen molar-refractivity contribution in [1.82, 2.24) is 0 Å². The summed E-state index contributed by atoms with van der Waals surface area (Å²) in [6.45, 7) is 12.0. The maximum Gasteiger partial charge on any atom is 0.302 e. The number of carbonyl (C=O) groups excluding carboxylic acids is 1. The second-order valence-electron chi connectivity index (χ2n) is 11.5. The van der Waals surface area contributed by atoms with Crippen LogP contribution < -0.4 is 0 Å². The van der Waals surface area contributed by atoms with E-state index in [0.717, 1.165) is 38.7 Å². The first-order chi connectivity index (χ1) is 13.6. The fourth-order valence-corrected chi connectivity index (χ4v) is 8.76. The van der Waals surface area contributed by atoms with Gasteiger partial charge in [-0.3, -0.25) is 4.79 Å². The van der Waals surface area contributed by atoms with Gasteiger partial charge in [0.15, 0.2) is 5.79 Å². The van der Waals surface area contributed by atoms with Crippen LogP contribution in [-0.4, -0.2) is 31.6 Å². The number of esters is 1. The molecule has 6 aliphatic rings. The van der Waals surface area contributed by atoms with Crippen LogP contribution in [0, 0.1) is 34.0 Å². The maximum atomic E-state index is 11.7. The van der Waals surface area contributed by atoms with Crippen LogP contribution in [0.3, 0.4) is 0 Å². The predicted octanol–water partition coefficient (Wildman–Crippen LogP) is 5.26. The fourth-order valence-electron chi connectivity index (χ4n) is 8.76. The van der Waals surface area contributed by atoms with Crippen molar-refractivity contribution in [3.8, 4) is 0 Å². The molecular formula is C25H38O4. The van der Waals surface area contributed by atoms with Crippen molar-refractivity contribution >= 4 is 5.97 Å². The molecule has 0 aromatic carbocycles. The average molecular weight is 403 g/mol. The van der Waals surface area contributed by atoms with Gasteiger partial charge in [-0.2, -0.15) is 0 Å². The molecule has 162 valence electrons. The molecule has 2 saturated heterocycles. The molecular weight excluding hydrogens is 364 g/mol. The second-order valence-corrected chi connectivity index (χ2v) is 11.5. The molecule has 4 nitrogen and oxygen atoms in total. The molecule has 0 aromatic heterocycles. The van der Waals surface area contributed by atoms with E-state index in [1.54, 1.807) is 18.1 Å². The van der Waals surface area contributed by atoms with E-state index in [1.807, 2.05) is 7.11 Å². The van der Waals surface area contributed by atoms with Gasteiger partial charge in [0.2, 0.25) is 0 Å². The molecule has 2 bridgehead atoms. The number of fused-ring (bicyclic) bond motifs is 4. The topological polar surface area (TPSA) is 44.8 Å². The molecule has 6 rings (SSSR count). The Labute approximate surface area is 175 Å². The highest BCUT2D eigenvalue weighted by atomic mass is 16.7. The van der Waals surface area contributed by atoms with Crippen LogP contribution in [0.15, 0.2) is 11.1 Å². The summed E-state index contributed by atoms with van der Waals surface area (Å²) in [6, 6.07) is 0. The summed E-state index contributed by atoms with van der Waals surface area (Å²) in [5, 5.41) is 0. The standard InChI is InChI=1S/C25H38O4/c1-15-13-19-22(3,4)25(27-6)12-11-24(19,14-28-25)18-9-10-23(5)17(21(15)18)7-8-20(23)29-16(2)26/h15,17,19-20H,7-14H2,1-6H3. The van der Waals surface area contributed by atoms with Gasteiger partial charge in [0.25, 0.3) is 0 Å². The van der Waals surface area contributed by atoms with Gasteiger partial charge in [-0.15, -0.1) is 0 Å². The number of ether oxygens (including phenoxy) is 3. The summed E-state index contributed by atoms with van der Waals surface area (Å²) in [4.78, 5) is 11.7. The van der Waals surface area contributed by atoms with E-state index in [1.165, 1.54) is 12.8 Å². The van der Waals surface area contributed by atoms with E-state index in [9.17, 15) is 4.79 Å². The van der Waals surface area contributed by atoms with Crippen molar-refractivity contribution in [1.29, 1.82) is 0 Å². The first kappa shape index (κ1) is 20.1. The van der Waals surface area contributed by atoms with Gasteiger partial charge in [-0.25, -0.2) is 0 Å². The van der Waals surface area contributed by atoms with Crippen LogP contribution >= 0.6 is 0 Å². The van der Waals surface area contributed by atoms with E-state index in [-0.39, 0.29) is 28.3 Å². The number of rotatable bonds is 2. The molecule has 2 heterocycles. The summed E-state index contributed by atoms with van der Waals surface area (Å²) in [5.41, 5.74) is 3.74. The van der Waals surface area contributed by atoms with Crippen molar-refractivity contribution in [2.75, 3.05) is 13.7 Å². The van der Waals surface area contributed by atoms with Gasteiger partial charge in [-0.1, -0.05) is 38.8 Å². The molecule has 4 aliphatic carbocycles. The molecule has 0 N–H and O–H groups in total. The van der Waals surface area contributed by atoms with Crippen LogP contribution in [0.4, 0.5) is 0 Å². The Bertz CT molecular complexity index is 757. The number of methoxy groups -OCH3 is 1. The lowest BCUT2D eigenvalue weighted by Gasteiger charge is -2.69. The van der Waals surface area contributed by atoms with E-state index < -0.39 is 5.79 Å².